The van der Waals surface area contributed by atoms with Crippen LogP contribution in [-0.4, -0.2) is 66.1 Å². The molecule has 59 heavy (non-hydrogen) atoms. The number of unbranched alkanes of at least 4 members (excludes halogenated alkanes) is 2. The number of hydrogen-bond donors (Lipinski definition) is 0. The zero-order chi connectivity index (χ0) is 42.8. The Morgan fingerprint density at radius 3 is 1.24 bits per heavy atom. The Labute approximate surface area is 328 Å². The minimum atomic E-state index is -4.94. The third kappa shape index (κ3) is 8.19. The van der Waals surface area contributed by atoms with Crippen molar-refractivity contribution in [2.75, 3.05) is 0 Å². The van der Waals surface area contributed by atoms with Gasteiger partial charge in [-0.25, -0.2) is 25.6 Å². The number of aryl methyl sites for hydroxylation is 2. The van der Waals surface area contributed by atoms with Crippen LogP contribution in [0.2, 0.25) is 0 Å². The summed E-state index contributed by atoms with van der Waals surface area (Å²) in [6.07, 6.45) is 0.680. The van der Waals surface area contributed by atoms with Gasteiger partial charge in [0.05, 0.1) is 43.2 Å². The van der Waals surface area contributed by atoms with E-state index >= 15 is 0 Å². The molecule has 2 heterocycles. The largest absolute Gasteiger partial charge is 0.295 e. The summed E-state index contributed by atoms with van der Waals surface area (Å²) < 4.78 is 86.2. The van der Waals surface area contributed by atoms with Crippen LogP contribution in [0.4, 0.5) is 31.5 Å². The van der Waals surface area contributed by atoms with E-state index in [1.54, 1.807) is 0 Å². The molecule has 0 radical (unpaired) electrons. The van der Waals surface area contributed by atoms with Gasteiger partial charge in [-0.05, 0) is 61.4 Å². The van der Waals surface area contributed by atoms with Crippen LogP contribution in [0.1, 0.15) is 30.9 Å². The summed E-state index contributed by atoms with van der Waals surface area (Å²) in [6, 6.07) is 13.1. The molecule has 0 N–H and O–H groups in total. The van der Waals surface area contributed by atoms with Gasteiger partial charge in [0.1, 0.15) is 23.3 Å². The fraction of sp³-hybridized carbons (Fsp3) is 0.152. The van der Waals surface area contributed by atoms with Gasteiger partial charge in [-0.15, -0.1) is 20.4 Å². The zero-order valence-electron chi connectivity index (χ0n) is 29.6. The van der Waals surface area contributed by atoms with Crippen molar-refractivity contribution in [3.05, 3.63) is 149 Å². The highest BCUT2D eigenvalue weighted by Gasteiger charge is 2.37. The number of nitro benzene ring substituents is 4. The maximum atomic E-state index is 14.4. The number of sulfone groups is 2. The van der Waals surface area contributed by atoms with Crippen molar-refractivity contribution in [2.45, 2.75) is 52.2 Å². The van der Waals surface area contributed by atoms with E-state index in [4.69, 9.17) is 0 Å². The van der Waals surface area contributed by atoms with Crippen LogP contribution in [0.25, 0.3) is 11.4 Å². The number of nitro groups is 4. The number of rotatable bonds is 16. The fourth-order valence-corrected chi connectivity index (χ4v) is 8.84. The van der Waals surface area contributed by atoms with E-state index in [0.29, 0.717) is 24.3 Å². The van der Waals surface area contributed by atoms with E-state index in [9.17, 15) is 66.1 Å². The Kier molecular flexibility index (Phi) is 11.3. The van der Waals surface area contributed by atoms with E-state index in [0.717, 1.165) is 45.5 Å². The molecule has 4 aromatic carbocycles. The van der Waals surface area contributed by atoms with Crippen molar-refractivity contribution >= 4 is 42.4 Å². The Morgan fingerprint density at radius 2 is 0.898 bits per heavy atom. The molecule has 0 amide bonds. The van der Waals surface area contributed by atoms with Gasteiger partial charge >= 0.3 is 0 Å². The van der Waals surface area contributed by atoms with E-state index in [-0.39, 0.29) is 55.1 Å². The van der Waals surface area contributed by atoms with Crippen LogP contribution in [0.15, 0.2) is 105 Å². The van der Waals surface area contributed by atoms with Gasteiger partial charge in [0.25, 0.3) is 33.1 Å². The van der Waals surface area contributed by atoms with E-state index in [1.807, 2.05) is 0 Å². The van der Waals surface area contributed by atoms with Crippen molar-refractivity contribution < 1.29 is 45.3 Å². The molecule has 0 bridgehead atoms. The summed E-state index contributed by atoms with van der Waals surface area (Å²) >= 11 is 0. The lowest BCUT2D eigenvalue weighted by Crippen LogP contribution is -2.14. The third-order valence-electron chi connectivity index (χ3n) is 8.59. The fourth-order valence-electron chi connectivity index (χ4n) is 5.94. The average Bonchev–Trinajstić information content (AvgIpc) is 3.83. The van der Waals surface area contributed by atoms with Gasteiger partial charge in [0, 0.05) is 25.0 Å². The lowest BCUT2D eigenvalue weighted by Gasteiger charge is -2.12. The smallest absolute Gasteiger partial charge is 0.269 e. The molecule has 0 saturated heterocycles. The van der Waals surface area contributed by atoms with Crippen molar-refractivity contribution in [3.63, 3.8) is 0 Å². The lowest BCUT2D eigenvalue weighted by atomic mass is 10.1. The molecule has 0 spiro atoms. The molecule has 26 heteroatoms. The van der Waals surface area contributed by atoms with Crippen molar-refractivity contribution in [3.8, 4) is 11.4 Å². The van der Waals surface area contributed by atoms with Crippen molar-refractivity contribution in [2.24, 2.45) is 0 Å². The summed E-state index contributed by atoms with van der Waals surface area (Å²) in [5.74, 6) is -1.61. The van der Waals surface area contributed by atoms with Gasteiger partial charge in [-0.2, -0.15) is 0 Å². The first-order valence-electron chi connectivity index (χ1n) is 16.7. The third-order valence-corrected chi connectivity index (χ3v) is 11.9. The minimum absolute atomic E-state index is 0.0264. The summed E-state index contributed by atoms with van der Waals surface area (Å²) in [5.41, 5.74) is -3.85. The molecule has 0 unspecified atom stereocenters. The number of hydrogen-bond acceptors (Lipinski definition) is 16. The SMILES string of the molecule is O=[N+]([O-])c1ccc(S(=O)(=O)c2nnc(CCCCCc3nnc(S(=O)(=O)c4ccc([N+](=O)[O-])cc4[N+](=O)[O-])n3-c3cccc(F)c3)n2-c2cccc(F)c2)c([N+](=O)[O-])c1. The topological polar surface area (TPSA) is 302 Å². The molecule has 6 rings (SSSR count). The predicted molar refractivity (Wildman–Crippen MR) is 194 cm³/mol. The van der Waals surface area contributed by atoms with Crippen LogP contribution in [0.5, 0.6) is 0 Å². The minimum Gasteiger partial charge on any atom is -0.269 e. The highest BCUT2D eigenvalue weighted by molar-refractivity contribution is 7.91. The second-order valence-corrected chi connectivity index (χ2v) is 16.0. The van der Waals surface area contributed by atoms with Crippen LogP contribution in [0, 0.1) is 52.1 Å². The van der Waals surface area contributed by atoms with Crippen LogP contribution in [-0.2, 0) is 32.5 Å². The first-order chi connectivity index (χ1) is 27.9. The number of benzene rings is 4. The maximum absolute atomic E-state index is 14.4. The highest BCUT2D eigenvalue weighted by atomic mass is 32.2. The molecular weight excluding hydrogens is 831 g/mol. The van der Waals surface area contributed by atoms with Gasteiger partial charge in [0.15, 0.2) is 9.79 Å². The maximum Gasteiger partial charge on any atom is 0.295 e. The summed E-state index contributed by atoms with van der Waals surface area (Å²) in [4.78, 5) is 40.1. The molecule has 0 aliphatic heterocycles. The molecule has 0 aliphatic carbocycles. The van der Waals surface area contributed by atoms with E-state index in [2.05, 4.69) is 20.4 Å². The molecular formula is C33H24F2N10O12S2. The Hall–Kier alpha value is -7.48. The number of non-ortho nitro benzene ring substituents is 2. The molecule has 22 nitrogen and oxygen atoms in total. The molecule has 0 atom stereocenters. The molecule has 0 aliphatic rings. The summed E-state index contributed by atoms with van der Waals surface area (Å²) in [7, 11) is -9.87. The van der Waals surface area contributed by atoms with Crippen LogP contribution < -0.4 is 0 Å². The molecule has 304 valence electrons. The number of halogens is 2. The molecule has 0 fully saturated rings. The van der Waals surface area contributed by atoms with E-state index < -0.39 is 93.9 Å². The van der Waals surface area contributed by atoms with Gasteiger partial charge < -0.3 is 0 Å². The van der Waals surface area contributed by atoms with Crippen LogP contribution in [0.3, 0.4) is 0 Å². The molecule has 2 aromatic heterocycles. The number of nitrogens with zero attached hydrogens (tertiary/aromatic N) is 10. The zero-order valence-corrected chi connectivity index (χ0v) is 31.2. The lowest BCUT2D eigenvalue weighted by molar-refractivity contribution is -0.396. The highest BCUT2D eigenvalue weighted by Crippen LogP contribution is 2.35. The quantitative estimate of drug-likeness (QED) is 0.0670. The van der Waals surface area contributed by atoms with Gasteiger partial charge in [-0.1, -0.05) is 18.6 Å². The standard InChI is InChI=1S/C33H24F2N10O12S2/c34-20-6-4-8-22(16-20)40-30(36-38-32(40)58(54,55)28-14-12-24(42(46)47)18-26(28)44(50)51)10-2-1-3-11-31-37-39-33(41(31)23-9-5-7-21(35)17-23)59(56,57)29-15-13-25(43(48)49)19-27(29)45(52)53/h4-9,12-19H,1-3,10-11H2. The molecule has 6 aromatic rings. The summed E-state index contributed by atoms with van der Waals surface area (Å²) in [5, 5.41) is 59.9. The number of aromatic nitrogens is 6. The first kappa shape index (κ1) is 41.2. The van der Waals surface area contributed by atoms with Crippen LogP contribution >= 0.6 is 0 Å². The van der Waals surface area contributed by atoms with Gasteiger partial charge in [0.2, 0.25) is 19.7 Å². The first-order valence-corrected chi connectivity index (χ1v) is 19.6. The average molecular weight is 855 g/mol. The monoisotopic (exact) mass is 854 g/mol. The Bertz CT molecular complexity index is 2730. The van der Waals surface area contributed by atoms with E-state index in [1.165, 1.54) is 24.3 Å². The van der Waals surface area contributed by atoms with Crippen molar-refractivity contribution in [1.82, 2.24) is 29.5 Å². The normalized spacial score (nSPS) is 11.7. The van der Waals surface area contributed by atoms with Gasteiger partial charge in [-0.3, -0.25) is 49.6 Å². The summed E-state index contributed by atoms with van der Waals surface area (Å²) in [6.45, 7) is 0. The Balaban J connectivity index is 1.29. The molecule has 0 saturated carbocycles. The Morgan fingerprint density at radius 1 is 0.508 bits per heavy atom. The van der Waals surface area contributed by atoms with Crippen molar-refractivity contribution in [1.29, 1.82) is 0 Å². The predicted octanol–water partition coefficient (Wildman–Crippen LogP) is 5.38. The second kappa shape index (κ2) is 16.2. The second-order valence-electron chi connectivity index (χ2n) is 12.3.